The quantitative estimate of drug-likeness (QED) is 0.512. The maximum atomic E-state index is 13.1. The fraction of sp³-hybridized carbons (Fsp3) is 0.421. The van der Waals surface area contributed by atoms with Gasteiger partial charge >= 0.3 is 6.18 Å². The minimum atomic E-state index is -4.93. The number of rotatable bonds is 4. The van der Waals surface area contributed by atoms with E-state index in [2.05, 4.69) is 26.8 Å². The lowest BCUT2D eigenvalue weighted by molar-refractivity contribution is -0.259. The molecule has 0 radical (unpaired) electrons. The van der Waals surface area contributed by atoms with E-state index in [1.54, 1.807) is 0 Å². The first-order valence-electron chi connectivity index (χ1n) is 9.57. The molecule has 0 aliphatic carbocycles. The highest BCUT2D eigenvalue weighted by Gasteiger charge is 2.51. The summed E-state index contributed by atoms with van der Waals surface area (Å²) >= 11 is 0. The SMILES string of the molecule is CC(O)(c1cnc(N2CCN(S(=O)(=O)c3ccc(N)nc3)C[C@H]2C#CCO)nc1)C(F)(F)F. The molecule has 1 aliphatic rings. The van der Waals surface area contributed by atoms with Gasteiger partial charge in [-0.1, -0.05) is 11.8 Å². The molecule has 3 heterocycles. The number of aliphatic hydroxyl groups is 2. The molecule has 2 aromatic rings. The van der Waals surface area contributed by atoms with Crippen LogP contribution in [0.5, 0.6) is 0 Å². The van der Waals surface area contributed by atoms with Crippen LogP contribution in [0.1, 0.15) is 12.5 Å². The summed E-state index contributed by atoms with van der Waals surface area (Å²) in [6, 6.07) is 1.89. The molecular formula is C19H21F3N6O4S. The van der Waals surface area contributed by atoms with Crippen LogP contribution in [0.25, 0.3) is 0 Å². The Balaban J connectivity index is 1.87. The lowest BCUT2D eigenvalue weighted by atomic mass is 9.99. The van der Waals surface area contributed by atoms with Gasteiger partial charge in [-0.2, -0.15) is 17.5 Å². The summed E-state index contributed by atoms with van der Waals surface area (Å²) in [5.74, 6) is 5.35. The number of halogens is 3. The average Bonchev–Trinajstić information content (AvgIpc) is 2.77. The lowest BCUT2D eigenvalue weighted by Crippen LogP contribution is -2.55. The van der Waals surface area contributed by atoms with E-state index in [0.717, 1.165) is 18.6 Å². The molecule has 2 aromatic heterocycles. The van der Waals surface area contributed by atoms with E-state index in [0.29, 0.717) is 6.92 Å². The zero-order valence-electron chi connectivity index (χ0n) is 17.4. The molecule has 14 heteroatoms. The molecule has 4 N–H and O–H groups in total. The Morgan fingerprint density at radius 1 is 1.18 bits per heavy atom. The lowest BCUT2D eigenvalue weighted by Gasteiger charge is -2.38. The third-order valence-corrected chi connectivity index (χ3v) is 6.95. The minimum Gasteiger partial charge on any atom is -0.384 e. The van der Waals surface area contributed by atoms with Gasteiger partial charge < -0.3 is 20.8 Å². The smallest absolute Gasteiger partial charge is 0.384 e. The summed E-state index contributed by atoms with van der Waals surface area (Å²) in [4.78, 5) is 13.1. The molecule has 0 aromatic carbocycles. The fourth-order valence-electron chi connectivity index (χ4n) is 3.08. The highest BCUT2D eigenvalue weighted by atomic mass is 32.2. The predicted octanol–water partition coefficient (Wildman–Crippen LogP) is 0.0988. The predicted molar refractivity (Wildman–Crippen MR) is 111 cm³/mol. The number of hydrogen-bond donors (Lipinski definition) is 3. The largest absolute Gasteiger partial charge is 0.421 e. The number of aliphatic hydroxyl groups excluding tert-OH is 1. The molecule has 1 saturated heterocycles. The van der Waals surface area contributed by atoms with Crippen LogP contribution in [0.3, 0.4) is 0 Å². The molecule has 2 atom stereocenters. The number of nitrogens with zero attached hydrogens (tertiary/aromatic N) is 5. The normalized spacial score (nSPS) is 19.5. The van der Waals surface area contributed by atoms with Crippen LogP contribution in [-0.4, -0.2) is 76.3 Å². The van der Waals surface area contributed by atoms with E-state index in [9.17, 15) is 26.7 Å². The van der Waals surface area contributed by atoms with Crippen molar-refractivity contribution in [1.82, 2.24) is 19.3 Å². The number of nitrogen functional groups attached to an aromatic ring is 1. The molecule has 0 spiro atoms. The second-order valence-corrected chi connectivity index (χ2v) is 9.25. The molecule has 3 rings (SSSR count). The van der Waals surface area contributed by atoms with Crippen LogP contribution in [0.2, 0.25) is 0 Å². The van der Waals surface area contributed by atoms with Crippen molar-refractivity contribution in [1.29, 1.82) is 0 Å². The summed E-state index contributed by atoms with van der Waals surface area (Å²) < 4.78 is 66.3. The van der Waals surface area contributed by atoms with Crippen molar-refractivity contribution in [3.8, 4) is 11.8 Å². The third-order valence-electron chi connectivity index (χ3n) is 5.10. The Labute approximate surface area is 187 Å². The first-order valence-corrected chi connectivity index (χ1v) is 11.0. The highest BCUT2D eigenvalue weighted by molar-refractivity contribution is 7.89. The molecule has 0 saturated carbocycles. The number of hydrogen-bond acceptors (Lipinski definition) is 9. The van der Waals surface area contributed by atoms with E-state index in [1.165, 1.54) is 21.3 Å². The van der Waals surface area contributed by atoms with Crippen molar-refractivity contribution in [3.05, 3.63) is 36.3 Å². The van der Waals surface area contributed by atoms with Gasteiger partial charge in [0.25, 0.3) is 0 Å². The van der Waals surface area contributed by atoms with Gasteiger partial charge in [0.2, 0.25) is 16.0 Å². The molecule has 1 unspecified atom stereocenters. The van der Waals surface area contributed by atoms with Crippen molar-refractivity contribution < 1.29 is 31.8 Å². The van der Waals surface area contributed by atoms with E-state index >= 15 is 0 Å². The topological polar surface area (TPSA) is 146 Å². The van der Waals surface area contributed by atoms with Gasteiger partial charge in [0.05, 0.1) is 0 Å². The Bertz CT molecular complexity index is 1150. The van der Waals surface area contributed by atoms with E-state index < -0.39 is 40.0 Å². The van der Waals surface area contributed by atoms with Crippen molar-refractivity contribution in [2.75, 3.05) is 36.9 Å². The maximum Gasteiger partial charge on any atom is 0.421 e. The summed E-state index contributed by atoms with van der Waals surface area (Å²) in [6.07, 6.45) is -2.07. The Hall–Kier alpha value is -2.99. The first-order chi connectivity index (χ1) is 15.4. The highest BCUT2D eigenvalue weighted by Crippen LogP contribution is 2.38. The zero-order valence-corrected chi connectivity index (χ0v) is 18.2. The second kappa shape index (κ2) is 9.10. The summed E-state index contributed by atoms with van der Waals surface area (Å²) in [5.41, 5.74) is 1.82. The van der Waals surface area contributed by atoms with E-state index in [-0.39, 0.29) is 36.3 Å². The van der Waals surface area contributed by atoms with Crippen LogP contribution in [-0.2, 0) is 15.6 Å². The van der Waals surface area contributed by atoms with Crippen molar-refractivity contribution in [2.24, 2.45) is 0 Å². The van der Waals surface area contributed by atoms with Crippen LogP contribution < -0.4 is 10.6 Å². The Morgan fingerprint density at radius 2 is 1.85 bits per heavy atom. The molecule has 1 aliphatic heterocycles. The van der Waals surface area contributed by atoms with E-state index in [1.807, 2.05) is 0 Å². The Morgan fingerprint density at radius 3 is 2.39 bits per heavy atom. The summed E-state index contributed by atoms with van der Waals surface area (Å²) in [5, 5.41) is 18.9. The number of anilines is 2. The van der Waals surface area contributed by atoms with Crippen LogP contribution in [0, 0.1) is 11.8 Å². The maximum absolute atomic E-state index is 13.1. The molecule has 10 nitrogen and oxygen atoms in total. The number of aromatic nitrogens is 3. The third kappa shape index (κ3) is 5.01. The summed E-state index contributed by atoms with van der Waals surface area (Å²) in [6.45, 7) is 0.0751. The number of alkyl halides is 3. The molecule has 178 valence electrons. The number of piperazine rings is 1. The van der Waals surface area contributed by atoms with Gasteiger partial charge in [-0.3, -0.25) is 0 Å². The molecule has 0 bridgehead atoms. The van der Waals surface area contributed by atoms with Crippen LogP contribution in [0.15, 0.2) is 35.6 Å². The summed E-state index contributed by atoms with van der Waals surface area (Å²) in [7, 11) is -3.93. The fourth-order valence-corrected chi connectivity index (χ4v) is 4.46. The number of pyridine rings is 1. The average molecular weight is 486 g/mol. The van der Waals surface area contributed by atoms with Crippen molar-refractivity contribution in [2.45, 2.75) is 29.6 Å². The van der Waals surface area contributed by atoms with Gasteiger partial charge in [-0.15, -0.1) is 0 Å². The van der Waals surface area contributed by atoms with Gasteiger partial charge in [0.15, 0.2) is 5.60 Å². The first kappa shape index (κ1) is 24.6. The van der Waals surface area contributed by atoms with Gasteiger partial charge in [0, 0.05) is 43.8 Å². The van der Waals surface area contributed by atoms with Crippen molar-refractivity contribution in [3.63, 3.8) is 0 Å². The van der Waals surface area contributed by atoms with Gasteiger partial charge in [-0.25, -0.2) is 23.4 Å². The molecule has 1 fully saturated rings. The Kier molecular flexibility index (Phi) is 6.80. The van der Waals surface area contributed by atoms with Crippen LogP contribution in [0.4, 0.5) is 24.9 Å². The molecule has 0 amide bonds. The standard InChI is InChI=1S/C19H21F3N6O4S/c1-18(30,19(20,21)22)13-9-25-17(26-10-13)28-7-6-27(12-14(28)3-2-8-29)33(31,32)15-4-5-16(23)24-11-15/h4-5,9-11,14,29-30H,6-8,12H2,1H3,(H2,23,24)/t14-,18?/m1/s1. The monoisotopic (exact) mass is 486 g/mol. The number of nitrogens with two attached hydrogens (primary N) is 1. The number of sulfonamides is 1. The zero-order chi connectivity index (χ0) is 24.4. The minimum absolute atomic E-state index is 0.000151. The van der Waals surface area contributed by atoms with Crippen molar-refractivity contribution >= 4 is 21.8 Å². The molecule has 33 heavy (non-hydrogen) atoms. The second-order valence-electron chi connectivity index (χ2n) is 7.31. The van der Waals surface area contributed by atoms with Crippen LogP contribution >= 0.6 is 0 Å². The van der Waals surface area contributed by atoms with Gasteiger partial charge in [-0.05, 0) is 19.1 Å². The molecular weight excluding hydrogens is 465 g/mol. The van der Waals surface area contributed by atoms with E-state index in [4.69, 9.17) is 10.8 Å². The van der Waals surface area contributed by atoms with Gasteiger partial charge in [0.1, 0.15) is 23.4 Å².